The highest BCUT2D eigenvalue weighted by atomic mass is 35.5. The zero-order valence-electron chi connectivity index (χ0n) is 14.2. The molecular formula is C16H20ClN3O5. The van der Waals surface area contributed by atoms with E-state index in [4.69, 9.17) is 16.3 Å². The molecule has 1 N–H and O–H groups in total. The van der Waals surface area contributed by atoms with Crippen LogP contribution in [-0.4, -0.2) is 69.1 Å². The first kappa shape index (κ1) is 19.0. The third-order valence-corrected chi connectivity index (χ3v) is 3.87. The largest absolute Gasteiger partial charge is 0.480 e. The third-order valence-electron chi connectivity index (χ3n) is 3.57. The number of halogens is 1. The molecule has 2 rings (SSSR count). The molecule has 0 aromatic carbocycles. The van der Waals surface area contributed by atoms with E-state index < -0.39 is 29.6 Å². The summed E-state index contributed by atoms with van der Waals surface area (Å²) in [5, 5.41) is 9.49. The molecule has 1 aromatic heterocycles. The topological polar surface area (TPSA) is 100 Å². The summed E-state index contributed by atoms with van der Waals surface area (Å²) in [6, 6.07) is 1.84. The zero-order chi connectivity index (χ0) is 18.8. The number of carbonyl (C=O) groups excluding carboxylic acids is 2. The van der Waals surface area contributed by atoms with Crippen molar-refractivity contribution < 1.29 is 24.2 Å². The fraction of sp³-hybridized carbons (Fsp3) is 0.500. The van der Waals surface area contributed by atoms with Crippen LogP contribution in [0.25, 0.3) is 0 Å². The minimum absolute atomic E-state index is 0.00575. The van der Waals surface area contributed by atoms with Gasteiger partial charge in [0.25, 0.3) is 5.91 Å². The monoisotopic (exact) mass is 369 g/mol. The van der Waals surface area contributed by atoms with Crippen LogP contribution in [0.5, 0.6) is 0 Å². The number of hydrogen-bond donors (Lipinski definition) is 1. The lowest BCUT2D eigenvalue weighted by molar-refractivity contribution is -0.144. The smallest absolute Gasteiger partial charge is 0.410 e. The average Bonchev–Trinajstić information content (AvgIpc) is 2.52. The van der Waals surface area contributed by atoms with E-state index in [1.807, 2.05) is 0 Å². The number of hydrogen-bond acceptors (Lipinski definition) is 5. The molecule has 1 aliphatic heterocycles. The van der Waals surface area contributed by atoms with Crippen molar-refractivity contribution in [3.8, 4) is 0 Å². The van der Waals surface area contributed by atoms with E-state index in [-0.39, 0.29) is 30.4 Å². The van der Waals surface area contributed by atoms with Crippen molar-refractivity contribution in [3.05, 3.63) is 29.0 Å². The molecule has 1 atom stereocenters. The lowest BCUT2D eigenvalue weighted by Gasteiger charge is -2.39. The van der Waals surface area contributed by atoms with Crippen molar-refractivity contribution in [2.75, 3.05) is 19.6 Å². The minimum atomic E-state index is -1.21. The second-order valence-electron chi connectivity index (χ2n) is 6.62. The van der Waals surface area contributed by atoms with Gasteiger partial charge in [0.05, 0.1) is 12.1 Å². The number of carbonyl (C=O) groups is 3. The Morgan fingerprint density at radius 2 is 2.00 bits per heavy atom. The van der Waals surface area contributed by atoms with Crippen molar-refractivity contribution in [3.63, 3.8) is 0 Å². The predicted molar refractivity (Wildman–Crippen MR) is 89.5 cm³/mol. The number of piperazine rings is 1. The Balaban J connectivity index is 2.17. The maximum absolute atomic E-state index is 12.6. The molecule has 25 heavy (non-hydrogen) atoms. The average molecular weight is 370 g/mol. The fourth-order valence-electron chi connectivity index (χ4n) is 2.43. The van der Waals surface area contributed by atoms with E-state index in [1.165, 1.54) is 22.1 Å². The summed E-state index contributed by atoms with van der Waals surface area (Å²) >= 11 is 5.93. The van der Waals surface area contributed by atoms with Crippen LogP contribution in [0.1, 0.15) is 31.1 Å². The Labute approximate surface area is 150 Å². The molecule has 0 radical (unpaired) electrons. The quantitative estimate of drug-likeness (QED) is 0.799. The fourth-order valence-corrected chi connectivity index (χ4v) is 2.63. The molecule has 0 unspecified atom stereocenters. The van der Waals surface area contributed by atoms with E-state index in [0.717, 1.165) is 0 Å². The molecule has 9 heteroatoms. The van der Waals surface area contributed by atoms with Gasteiger partial charge in [-0.15, -0.1) is 0 Å². The maximum Gasteiger partial charge on any atom is 0.410 e. The number of rotatable bonds is 2. The van der Waals surface area contributed by atoms with Gasteiger partial charge in [0.2, 0.25) is 0 Å². The number of pyridine rings is 1. The Kier molecular flexibility index (Phi) is 5.52. The minimum Gasteiger partial charge on any atom is -0.480 e. The number of carboxylic acid groups (broad SMARTS) is 1. The van der Waals surface area contributed by atoms with E-state index in [1.54, 1.807) is 26.8 Å². The van der Waals surface area contributed by atoms with Gasteiger partial charge in [0, 0.05) is 19.3 Å². The van der Waals surface area contributed by atoms with Gasteiger partial charge in [-0.05, 0) is 32.9 Å². The van der Waals surface area contributed by atoms with Crippen molar-refractivity contribution in [2.24, 2.45) is 0 Å². The van der Waals surface area contributed by atoms with Crippen LogP contribution in [0.3, 0.4) is 0 Å². The number of amides is 2. The molecule has 1 saturated heterocycles. The summed E-state index contributed by atoms with van der Waals surface area (Å²) in [7, 11) is 0. The van der Waals surface area contributed by atoms with Gasteiger partial charge < -0.3 is 19.6 Å². The Morgan fingerprint density at radius 3 is 2.56 bits per heavy atom. The number of aliphatic carboxylic acids is 1. The van der Waals surface area contributed by atoms with Gasteiger partial charge in [-0.3, -0.25) is 4.79 Å². The second-order valence-corrected chi connectivity index (χ2v) is 6.98. The van der Waals surface area contributed by atoms with Gasteiger partial charge in [-0.25, -0.2) is 14.6 Å². The molecule has 0 aliphatic carbocycles. The summed E-state index contributed by atoms with van der Waals surface area (Å²) in [5.41, 5.74) is -0.562. The number of aromatic nitrogens is 1. The number of ether oxygens (including phenoxy) is 1. The predicted octanol–water partition coefficient (Wildman–Crippen LogP) is 1.88. The highest BCUT2D eigenvalue weighted by Crippen LogP contribution is 2.20. The summed E-state index contributed by atoms with van der Waals surface area (Å²) in [6.07, 6.45) is 0.832. The summed E-state index contributed by atoms with van der Waals surface area (Å²) in [6.45, 7) is 5.24. The second kappa shape index (κ2) is 7.26. The Hall–Kier alpha value is -2.35. The molecule has 2 heterocycles. The van der Waals surface area contributed by atoms with Crippen molar-refractivity contribution >= 4 is 29.6 Å². The summed E-state index contributed by atoms with van der Waals surface area (Å²) in [5.74, 6) is -1.74. The maximum atomic E-state index is 12.6. The van der Waals surface area contributed by atoms with Crippen molar-refractivity contribution in [1.82, 2.24) is 14.8 Å². The molecule has 2 amide bonds. The third kappa shape index (κ3) is 4.60. The highest BCUT2D eigenvalue weighted by Gasteiger charge is 2.39. The van der Waals surface area contributed by atoms with Gasteiger partial charge in [0.15, 0.2) is 0 Å². The van der Waals surface area contributed by atoms with Crippen LogP contribution >= 0.6 is 11.6 Å². The molecule has 0 spiro atoms. The van der Waals surface area contributed by atoms with Gasteiger partial charge in [-0.1, -0.05) is 11.6 Å². The van der Waals surface area contributed by atoms with E-state index in [0.29, 0.717) is 0 Å². The first-order valence-corrected chi connectivity index (χ1v) is 8.10. The SMILES string of the molecule is CC(C)(C)OC(=O)N1CCN(C(=O)c2cccnc2Cl)[C@H](C(=O)O)C1. The summed E-state index contributed by atoms with van der Waals surface area (Å²) < 4.78 is 5.26. The van der Waals surface area contributed by atoms with Gasteiger partial charge in [-0.2, -0.15) is 0 Å². The van der Waals surface area contributed by atoms with Crippen LogP contribution in [0.2, 0.25) is 5.15 Å². The Morgan fingerprint density at radius 1 is 1.32 bits per heavy atom. The molecule has 136 valence electrons. The van der Waals surface area contributed by atoms with E-state index in [2.05, 4.69) is 4.98 Å². The molecule has 1 fully saturated rings. The lowest BCUT2D eigenvalue weighted by atomic mass is 10.1. The first-order chi connectivity index (χ1) is 11.6. The number of nitrogens with zero attached hydrogens (tertiary/aromatic N) is 3. The highest BCUT2D eigenvalue weighted by molar-refractivity contribution is 6.32. The normalized spacial score (nSPS) is 18.0. The van der Waals surface area contributed by atoms with Crippen LogP contribution in [0, 0.1) is 0 Å². The van der Waals surface area contributed by atoms with E-state index >= 15 is 0 Å². The first-order valence-electron chi connectivity index (χ1n) is 7.72. The summed E-state index contributed by atoms with van der Waals surface area (Å²) in [4.78, 5) is 42.7. The standard InChI is InChI=1S/C16H20ClN3O5/c1-16(2,3)25-15(24)19-7-8-20(11(9-19)14(22)23)13(21)10-5-4-6-18-12(10)17/h4-6,11H,7-9H2,1-3H3,(H,22,23)/t11-/m0/s1. The van der Waals surface area contributed by atoms with Crippen LogP contribution in [0.4, 0.5) is 4.79 Å². The molecule has 0 saturated carbocycles. The van der Waals surface area contributed by atoms with Crippen LogP contribution in [-0.2, 0) is 9.53 Å². The molecular weight excluding hydrogens is 350 g/mol. The van der Waals surface area contributed by atoms with Gasteiger partial charge >= 0.3 is 12.1 Å². The van der Waals surface area contributed by atoms with Crippen LogP contribution in [0.15, 0.2) is 18.3 Å². The molecule has 1 aliphatic rings. The van der Waals surface area contributed by atoms with Crippen molar-refractivity contribution in [2.45, 2.75) is 32.4 Å². The zero-order valence-corrected chi connectivity index (χ0v) is 15.0. The van der Waals surface area contributed by atoms with E-state index in [9.17, 15) is 19.5 Å². The van der Waals surface area contributed by atoms with Gasteiger partial charge in [0.1, 0.15) is 16.8 Å². The lowest BCUT2D eigenvalue weighted by Crippen LogP contribution is -2.59. The number of carboxylic acids is 1. The molecule has 8 nitrogen and oxygen atoms in total. The van der Waals surface area contributed by atoms with Crippen LogP contribution < -0.4 is 0 Å². The molecule has 1 aromatic rings. The molecule has 0 bridgehead atoms. The Bertz CT molecular complexity index is 689. The van der Waals surface area contributed by atoms with Crippen molar-refractivity contribution in [1.29, 1.82) is 0 Å².